The van der Waals surface area contributed by atoms with E-state index >= 15 is 0 Å². The van der Waals surface area contributed by atoms with Gasteiger partial charge in [-0.2, -0.15) is 0 Å². The highest BCUT2D eigenvalue weighted by Crippen LogP contribution is 2.19. The lowest BCUT2D eigenvalue weighted by Crippen LogP contribution is -2.21. The van der Waals surface area contributed by atoms with Gasteiger partial charge < -0.3 is 0 Å². The van der Waals surface area contributed by atoms with Gasteiger partial charge in [0.1, 0.15) is 0 Å². The number of carbonyl (C=O) groups is 1. The minimum atomic E-state index is -0.257. The zero-order chi connectivity index (χ0) is 8.36. The molecule has 0 aromatic carbocycles. The van der Waals surface area contributed by atoms with Gasteiger partial charge in [-0.05, 0) is 12.0 Å². The van der Waals surface area contributed by atoms with E-state index in [1.165, 1.54) is 0 Å². The maximum atomic E-state index is 11.3. The lowest BCUT2D eigenvalue weighted by molar-refractivity contribution is -0.122. The van der Waals surface area contributed by atoms with Crippen LogP contribution in [0.2, 0.25) is 0 Å². The molecule has 0 bridgehead atoms. The molecule has 0 spiro atoms. The SMILES string of the molecule is C=C(CC)C(=O)C(C)(C)C. The van der Waals surface area contributed by atoms with Crippen molar-refractivity contribution in [1.29, 1.82) is 0 Å². The number of Topliss-reactive ketones (excluding diaryl/α,β-unsaturated/α-hetero) is 1. The molecule has 0 saturated heterocycles. The Morgan fingerprint density at radius 1 is 1.40 bits per heavy atom. The molecule has 1 nitrogen and oxygen atoms in total. The van der Waals surface area contributed by atoms with E-state index in [1.807, 2.05) is 27.7 Å². The Morgan fingerprint density at radius 2 is 1.80 bits per heavy atom. The zero-order valence-corrected chi connectivity index (χ0v) is 7.32. The zero-order valence-electron chi connectivity index (χ0n) is 7.32. The maximum absolute atomic E-state index is 11.3. The summed E-state index contributed by atoms with van der Waals surface area (Å²) in [6, 6.07) is 0. The number of hydrogen-bond donors (Lipinski definition) is 0. The first-order valence-electron chi connectivity index (χ1n) is 3.62. The molecule has 0 heterocycles. The average molecular weight is 140 g/mol. The quantitative estimate of drug-likeness (QED) is 0.539. The van der Waals surface area contributed by atoms with Crippen LogP contribution in [0.5, 0.6) is 0 Å². The van der Waals surface area contributed by atoms with Crippen molar-refractivity contribution in [3.8, 4) is 0 Å². The number of hydrogen-bond acceptors (Lipinski definition) is 1. The molecule has 0 radical (unpaired) electrons. The number of allylic oxidation sites excluding steroid dienone is 1. The molecule has 0 fully saturated rings. The molecule has 0 N–H and O–H groups in total. The van der Waals surface area contributed by atoms with E-state index in [1.54, 1.807) is 0 Å². The maximum Gasteiger partial charge on any atom is 0.163 e. The van der Waals surface area contributed by atoms with Crippen LogP contribution >= 0.6 is 0 Å². The Kier molecular flexibility index (Phi) is 2.82. The van der Waals surface area contributed by atoms with Crippen molar-refractivity contribution >= 4 is 5.78 Å². The first-order chi connectivity index (χ1) is 4.39. The lowest BCUT2D eigenvalue weighted by Gasteiger charge is -2.16. The van der Waals surface area contributed by atoms with Crippen molar-refractivity contribution in [1.82, 2.24) is 0 Å². The van der Waals surface area contributed by atoms with Gasteiger partial charge in [-0.25, -0.2) is 0 Å². The van der Waals surface area contributed by atoms with Gasteiger partial charge in [0.2, 0.25) is 0 Å². The largest absolute Gasteiger partial charge is 0.294 e. The van der Waals surface area contributed by atoms with E-state index in [0.717, 1.165) is 12.0 Å². The summed E-state index contributed by atoms with van der Waals surface area (Å²) >= 11 is 0. The molecule has 0 saturated carbocycles. The Hall–Kier alpha value is -0.590. The molecule has 58 valence electrons. The minimum Gasteiger partial charge on any atom is -0.294 e. The van der Waals surface area contributed by atoms with Gasteiger partial charge in [0.05, 0.1) is 0 Å². The molecule has 10 heavy (non-hydrogen) atoms. The van der Waals surface area contributed by atoms with Gasteiger partial charge in [-0.1, -0.05) is 34.3 Å². The second kappa shape index (κ2) is 3.00. The third-order valence-corrected chi connectivity index (χ3v) is 1.43. The molecule has 0 aliphatic heterocycles. The van der Waals surface area contributed by atoms with Crippen LogP contribution in [0.3, 0.4) is 0 Å². The summed E-state index contributed by atoms with van der Waals surface area (Å²) in [4.78, 5) is 11.3. The Balaban J connectivity index is 4.24. The molecular weight excluding hydrogens is 124 g/mol. The summed E-state index contributed by atoms with van der Waals surface area (Å²) in [5.41, 5.74) is 0.472. The fourth-order valence-corrected chi connectivity index (χ4v) is 0.691. The molecule has 0 amide bonds. The van der Waals surface area contributed by atoms with Gasteiger partial charge in [0, 0.05) is 5.41 Å². The van der Waals surface area contributed by atoms with Crippen LogP contribution < -0.4 is 0 Å². The lowest BCUT2D eigenvalue weighted by atomic mass is 9.86. The molecule has 0 aromatic heterocycles. The van der Waals surface area contributed by atoms with Crippen molar-refractivity contribution in [2.75, 3.05) is 0 Å². The van der Waals surface area contributed by atoms with Gasteiger partial charge in [-0.15, -0.1) is 0 Å². The van der Waals surface area contributed by atoms with Crippen molar-refractivity contribution in [3.05, 3.63) is 12.2 Å². The first kappa shape index (κ1) is 9.41. The Morgan fingerprint density at radius 3 is 1.90 bits per heavy atom. The van der Waals surface area contributed by atoms with E-state index in [4.69, 9.17) is 0 Å². The van der Waals surface area contributed by atoms with Crippen molar-refractivity contribution < 1.29 is 4.79 Å². The standard InChI is InChI=1S/C9H16O/c1-6-7(2)8(10)9(3,4)5/h2,6H2,1,3-5H3. The highest BCUT2D eigenvalue weighted by Gasteiger charge is 2.22. The predicted octanol–water partition coefficient (Wildman–Crippen LogP) is 2.57. The third kappa shape index (κ3) is 2.34. The summed E-state index contributed by atoms with van der Waals surface area (Å²) in [7, 11) is 0. The third-order valence-electron chi connectivity index (χ3n) is 1.43. The van der Waals surface area contributed by atoms with E-state index in [-0.39, 0.29) is 11.2 Å². The summed E-state index contributed by atoms with van der Waals surface area (Å²) < 4.78 is 0. The number of rotatable bonds is 2. The summed E-state index contributed by atoms with van der Waals surface area (Å²) in [5.74, 6) is 0.176. The second-order valence-corrected chi connectivity index (χ2v) is 3.54. The van der Waals surface area contributed by atoms with E-state index in [9.17, 15) is 4.79 Å². The topological polar surface area (TPSA) is 17.1 Å². The van der Waals surface area contributed by atoms with Crippen molar-refractivity contribution in [2.45, 2.75) is 34.1 Å². The molecular formula is C9H16O. The van der Waals surface area contributed by atoms with Crippen molar-refractivity contribution in [2.24, 2.45) is 5.41 Å². The number of carbonyl (C=O) groups excluding carboxylic acids is 1. The van der Waals surface area contributed by atoms with E-state index < -0.39 is 0 Å². The van der Waals surface area contributed by atoms with Crippen LogP contribution in [0, 0.1) is 5.41 Å². The van der Waals surface area contributed by atoms with Crippen LogP contribution in [0.15, 0.2) is 12.2 Å². The van der Waals surface area contributed by atoms with Crippen LogP contribution in [0.4, 0.5) is 0 Å². The van der Waals surface area contributed by atoms with Gasteiger partial charge in [0.25, 0.3) is 0 Å². The van der Waals surface area contributed by atoms with Crippen molar-refractivity contribution in [3.63, 3.8) is 0 Å². The molecule has 0 aromatic rings. The van der Waals surface area contributed by atoms with Gasteiger partial charge in [-0.3, -0.25) is 4.79 Å². The smallest absolute Gasteiger partial charge is 0.163 e. The predicted molar refractivity (Wildman–Crippen MR) is 43.9 cm³/mol. The van der Waals surface area contributed by atoms with Crippen LogP contribution in [0.25, 0.3) is 0 Å². The van der Waals surface area contributed by atoms with Crippen LogP contribution in [-0.2, 0) is 4.79 Å². The molecule has 0 aliphatic carbocycles. The fraction of sp³-hybridized carbons (Fsp3) is 0.667. The van der Waals surface area contributed by atoms with E-state index in [2.05, 4.69) is 6.58 Å². The second-order valence-electron chi connectivity index (χ2n) is 3.54. The molecule has 0 aliphatic rings. The monoisotopic (exact) mass is 140 g/mol. The van der Waals surface area contributed by atoms with E-state index in [0.29, 0.717) is 0 Å². The summed E-state index contributed by atoms with van der Waals surface area (Å²) in [5, 5.41) is 0. The van der Waals surface area contributed by atoms with Gasteiger partial charge >= 0.3 is 0 Å². The summed E-state index contributed by atoms with van der Waals surface area (Å²) in [6.07, 6.45) is 0.760. The van der Waals surface area contributed by atoms with Crippen LogP contribution in [0.1, 0.15) is 34.1 Å². The Bertz CT molecular complexity index is 149. The fourth-order valence-electron chi connectivity index (χ4n) is 0.691. The number of ketones is 1. The first-order valence-corrected chi connectivity index (χ1v) is 3.62. The molecule has 0 unspecified atom stereocenters. The molecule has 0 rings (SSSR count). The molecule has 0 atom stereocenters. The Labute approximate surface area is 63.1 Å². The highest BCUT2D eigenvalue weighted by molar-refractivity contribution is 5.98. The minimum absolute atomic E-state index is 0.176. The highest BCUT2D eigenvalue weighted by atomic mass is 16.1. The van der Waals surface area contributed by atoms with Gasteiger partial charge in [0.15, 0.2) is 5.78 Å². The normalized spacial score (nSPS) is 11.2. The average Bonchev–Trinajstić information content (AvgIpc) is 1.83. The van der Waals surface area contributed by atoms with Crippen LogP contribution in [-0.4, -0.2) is 5.78 Å². The molecule has 1 heteroatoms. The summed E-state index contributed by atoms with van der Waals surface area (Å²) in [6.45, 7) is 11.4.